The predicted octanol–water partition coefficient (Wildman–Crippen LogP) is -18.0. The molecule has 0 spiro atoms. The van der Waals surface area contributed by atoms with E-state index in [1.165, 1.54) is 0 Å². The van der Waals surface area contributed by atoms with E-state index in [4.69, 9.17) is 0 Å². The minimum atomic E-state index is 0. The van der Waals surface area contributed by atoms with Gasteiger partial charge >= 0.3 is 29.6 Å². The van der Waals surface area contributed by atoms with E-state index >= 15 is 0 Å². The smallest absolute Gasteiger partial charge is 1.00 e. The van der Waals surface area contributed by atoms with Crippen LogP contribution in [0, 0.1) is 0 Å². The third-order valence-electron chi connectivity index (χ3n) is 0. The first kappa shape index (κ1) is 86.0. The van der Waals surface area contributed by atoms with Crippen LogP contribution >= 0.6 is 0 Å². The fraction of sp³-hybridized carbons (Fsp3) is 0. The summed E-state index contributed by atoms with van der Waals surface area (Å²) in [5.41, 5.74) is 0. The summed E-state index contributed by atoms with van der Waals surface area (Å²) in [5.74, 6) is 0. The summed E-state index contributed by atoms with van der Waals surface area (Å²) < 4.78 is 0. The van der Waals surface area contributed by atoms with Gasteiger partial charge in [-0.1, -0.05) is 0 Å². The monoisotopic (exact) mass is 382 g/mol. The molecule has 0 atom stereocenters. The van der Waals surface area contributed by atoms with E-state index in [1.54, 1.807) is 0 Å². The Labute approximate surface area is 111 Å². The van der Waals surface area contributed by atoms with Gasteiger partial charge in [0.25, 0.3) is 0 Å². The maximum atomic E-state index is 0. The van der Waals surface area contributed by atoms with Crippen LogP contribution < -0.4 is 91.6 Å². The molecular formula is Cl5NaW-4. The van der Waals surface area contributed by atoms with Crippen molar-refractivity contribution in [1.29, 1.82) is 0 Å². The number of hydrogen-bond acceptors (Lipinski definition) is 0. The normalized spacial score (nSPS) is 0. The van der Waals surface area contributed by atoms with Gasteiger partial charge in [-0.3, -0.25) is 0 Å². The Morgan fingerprint density at radius 1 is 0.429 bits per heavy atom. The van der Waals surface area contributed by atoms with Crippen LogP contribution in [0.15, 0.2) is 0 Å². The molecule has 0 aromatic carbocycles. The Morgan fingerprint density at radius 2 is 0.429 bits per heavy atom. The molecule has 0 aliphatic carbocycles. The quantitative estimate of drug-likeness (QED) is 0.364. The molecule has 0 amide bonds. The number of hydrogen-bond donors (Lipinski definition) is 0. The van der Waals surface area contributed by atoms with Gasteiger partial charge in [0.2, 0.25) is 0 Å². The zero-order chi connectivity index (χ0) is 0. The summed E-state index contributed by atoms with van der Waals surface area (Å²) in [6.45, 7) is 0. The molecule has 0 radical (unpaired) electrons. The van der Waals surface area contributed by atoms with Crippen LogP contribution in [0.2, 0.25) is 0 Å². The topological polar surface area (TPSA) is 0 Å². The third-order valence-corrected chi connectivity index (χ3v) is 0. The van der Waals surface area contributed by atoms with Gasteiger partial charge in [0.15, 0.2) is 0 Å². The fourth-order valence-electron chi connectivity index (χ4n) is 0. The Kier molecular flexibility index (Phi) is 755. The van der Waals surface area contributed by atoms with Gasteiger partial charge < -0.3 is 62.0 Å². The first-order chi connectivity index (χ1) is 0. The zero-order valence-corrected chi connectivity index (χ0v) is 12.0. The summed E-state index contributed by atoms with van der Waals surface area (Å²) in [5, 5.41) is 0. The van der Waals surface area contributed by atoms with E-state index in [-0.39, 0.29) is 113 Å². The molecule has 46 valence electrons. The molecule has 0 aromatic heterocycles. The maximum Gasteiger partial charge on any atom is 1.00 e. The molecule has 0 rings (SSSR count). The molecular weight excluding hydrogens is 384 g/mol. The van der Waals surface area contributed by atoms with Gasteiger partial charge in [0.1, 0.15) is 0 Å². The van der Waals surface area contributed by atoms with Gasteiger partial charge in [-0.05, 0) is 0 Å². The molecule has 0 fully saturated rings. The molecule has 0 saturated carbocycles. The van der Waals surface area contributed by atoms with Crippen LogP contribution in [-0.4, -0.2) is 0 Å². The van der Waals surface area contributed by atoms with Crippen LogP contribution in [0.25, 0.3) is 0 Å². The van der Waals surface area contributed by atoms with E-state index < -0.39 is 0 Å². The molecule has 0 unspecified atom stereocenters. The number of halogens is 5. The van der Waals surface area contributed by atoms with Crippen molar-refractivity contribution in [2.75, 3.05) is 0 Å². The molecule has 0 saturated heterocycles. The molecule has 7 heteroatoms. The van der Waals surface area contributed by atoms with Gasteiger partial charge in [0.05, 0.1) is 0 Å². The van der Waals surface area contributed by atoms with Crippen LogP contribution in [0.4, 0.5) is 0 Å². The summed E-state index contributed by atoms with van der Waals surface area (Å²) >= 11 is 0. The Bertz CT molecular complexity index is 8.04. The van der Waals surface area contributed by atoms with Crippen molar-refractivity contribution < 1.29 is 113 Å². The van der Waals surface area contributed by atoms with Crippen molar-refractivity contribution in [2.24, 2.45) is 0 Å². The molecule has 0 bridgehead atoms. The summed E-state index contributed by atoms with van der Waals surface area (Å²) in [4.78, 5) is 0. The average Bonchev–Trinajstić information content (AvgIpc) is 0. The van der Waals surface area contributed by atoms with Crippen molar-refractivity contribution in [2.45, 2.75) is 0 Å². The Balaban J connectivity index is 0. The molecule has 0 aliphatic heterocycles. The van der Waals surface area contributed by atoms with Crippen molar-refractivity contribution in [3.63, 3.8) is 0 Å². The summed E-state index contributed by atoms with van der Waals surface area (Å²) in [7, 11) is 0. The molecule has 0 aliphatic rings. The fourth-order valence-corrected chi connectivity index (χ4v) is 0. The average molecular weight is 384 g/mol. The van der Waals surface area contributed by atoms with Gasteiger partial charge in [0, 0.05) is 21.1 Å². The van der Waals surface area contributed by atoms with Gasteiger partial charge in [-0.2, -0.15) is 0 Å². The maximum absolute atomic E-state index is 0. The molecule has 0 aromatic rings. The van der Waals surface area contributed by atoms with Crippen LogP contribution in [0.1, 0.15) is 0 Å². The molecule has 0 N–H and O–H groups in total. The minimum Gasteiger partial charge on any atom is -1.00 e. The summed E-state index contributed by atoms with van der Waals surface area (Å²) in [6, 6.07) is 0. The van der Waals surface area contributed by atoms with E-state index in [0.29, 0.717) is 0 Å². The minimum absolute atomic E-state index is 0. The van der Waals surface area contributed by atoms with Crippen molar-refractivity contribution >= 4 is 0 Å². The summed E-state index contributed by atoms with van der Waals surface area (Å²) in [6.07, 6.45) is 0. The second-order valence-electron chi connectivity index (χ2n) is 0. The SMILES string of the molecule is [Cl-].[Cl-].[Cl-].[Cl-].[Cl-].[Na+].[W]. The second kappa shape index (κ2) is 61.5. The van der Waals surface area contributed by atoms with E-state index in [1.807, 2.05) is 0 Å². The van der Waals surface area contributed by atoms with Gasteiger partial charge in [-0.15, -0.1) is 0 Å². The first-order valence-electron chi connectivity index (χ1n) is 0. The number of rotatable bonds is 0. The van der Waals surface area contributed by atoms with Crippen LogP contribution in [0.3, 0.4) is 0 Å². The standard InChI is InChI=1S/5ClH.Na.W/h5*1H;;/q;;;;;+1;/p-5. The van der Waals surface area contributed by atoms with E-state index in [2.05, 4.69) is 0 Å². The van der Waals surface area contributed by atoms with E-state index in [9.17, 15) is 0 Å². The molecule has 0 heterocycles. The van der Waals surface area contributed by atoms with Crippen LogP contribution in [0.5, 0.6) is 0 Å². The van der Waals surface area contributed by atoms with Crippen LogP contribution in [-0.2, 0) is 21.1 Å². The van der Waals surface area contributed by atoms with Crippen molar-refractivity contribution in [1.82, 2.24) is 0 Å². The predicted molar refractivity (Wildman–Crippen MR) is 0 cm³/mol. The first-order valence-corrected chi connectivity index (χ1v) is 0. The Hall–Kier alpha value is 3.14. The van der Waals surface area contributed by atoms with Crippen molar-refractivity contribution in [3.8, 4) is 0 Å². The van der Waals surface area contributed by atoms with Gasteiger partial charge in [-0.25, -0.2) is 0 Å². The second-order valence-corrected chi connectivity index (χ2v) is 0. The van der Waals surface area contributed by atoms with E-state index in [0.717, 1.165) is 0 Å². The van der Waals surface area contributed by atoms with Crippen molar-refractivity contribution in [3.05, 3.63) is 0 Å². The Morgan fingerprint density at radius 3 is 0.429 bits per heavy atom. The zero-order valence-electron chi connectivity index (χ0n) is 3.30. The largest absolute Gasteiger partial charge is 1.00 e. The molecule has 7 heavy (non-hydrogen) atoms. The third kappa shape index (κ3) is 47.3. The molecule has 0 nitrogen and oxygen atoms in total.